The summed E-state index contributed by atoms with van der Waals surface area (Å²) in [7, 11) is 0. The van der Waals surface area contributed by atoms with Crippen LogP contribution in [-0.4, -0.2) is 305 Å². The zero-order valence-corrected chi connectivity index (χ0v) is 49.1. The summed E-state index contributed by atoms with van der Waals surface area (Å²) in [6, 6.07) is -6.73. The Bertz CT molecular complexity index is 2630. The summed E-state index contributed by atoms with van der Waals surface area (Å²) in [5.74, 6) is -20.0. The van der Waals surface area contributed by atoms with Gasteiger partial charge < -0.3 is 104 Å². The van der Waals surface area contributed by atoms with Crippen LogP contribution in [0, 0.1) is 47.3 Å². The van der Waals surface area contributed by atoms with E-state index < -0.39 is 250 Å². The van der Waals surface area contributed by atoms with Gasteiger partial charge in [-0.05, 0) is 38.1 Å². The van der Waals surface area contributed by atoms with Gasteiger partial charge in [-0.2, -0.15) is 0 Å². The monoisotopic (exact) mass is 1270 g/mol. The molecule has 89 heavy (non-hydrogen) atoms. The third-order valence-corrected chi connectivity index (χ3v) is 18.6. The Morgan fingerprint density at radius 3 is 1.33 bits per heavy atom. The first-order valence-electron chi connectivity index (χ1n) is 29.7. The van der Waals surface area contributed by atoms with Crippen molar-refractivity contribution in [3.8, 4) is 0 Å². The average molecular weight is 1270 g/mol. The summed E-state index contributed by atoms with van der Waals surface area (Å²) >= 11 is 0. The number of fused-ring (bicyclic) bond motifs is 3. The number of amides is 1. The fourth-order valence-electron chi connectivity index (χ4n) is 13.2. The minimum atomic E-state index is -2.32. The predicted molar refractivity (Wildman–Crippen MR) is 295 cm³/mol. The van der Waals surface area contributed by atoms with Crippen molar-refractivity contribution in [2.75, 3.05) is 46.1 Å². The molecule has 498 valence electrons. The Balaban J connectivity index is 1.31. The van der Waals surface area contributed by atoms with Crippen molar-refractivity contribution in [1.29, 1.82) is 0 Å². The normalized spacial score (nSPS) is 43.6. The first-order valence-corrected chi connectivity index (χ1v) is 29.7. The molecule has 0 aromatic carbocycles. The molecule has 0 spiro atoms. The summed E-state index contributed by atoms with van der Waals surface area (Å²) in [5, 5.41) is 143. The first kappa shape index (κ1) is 69.5. The van der Waals surface area contributed by atoms with Gasteiger partial charge in [0.15, 0.2) is 34.7 Å². The Morgan fingerprint density at radius 2 is 0.899 bits per heavy atom. The molecular formula is C55H81N7O27. The summed E-state index contributed by atoms with van der Waals surface area (Å²) in [4.78, 5) is 133. The highest BCUT2D eigenvalue weighted by atomic mass is 16.8. The molecule has 0 bridgehead atoms. The predicted octanol–water partition coefficient (Wildman–Crippen LogP) is -7.62. The number of carbonyl (C=O) groups is 7. The molecule has 1 amide bonds. The summed E-state index contributed by atoms with van der Waals surface area (Å²) < 4.78 is 22.5. The van der Waals surface area contributed by atoms with Crippen molar-refractivity contribution in [2.45, 2.75) is 182 Å². The van der Waals surface area contributed by atoms with Crippen LogP contribution in [0.2, 0.25) is 0 Å². The van der Waals surface area contributed by atoms with Gasteiger partial charge in [-0.25, -0.2) is 0 Å². The minimum absolute atomic E-state index is 0.0285. The van der Waals surface area contributed by atoms with Gasteiger partial charge in [0.05, 0.1) is 87.5 Å². The number of aliphatic hydroxyl groups excluding tert-OH is 12. The number of hydrogen-bond donors (Lipinski definition) is 13. The van der Waals surface area contributed by atoms with Gasteiger partial charge in [0.2, 0.25) is 31.1 Å². The lowest BCUT2D eigenvalue weighted by molar-refractivity contribution is -0.282. The van der Waals surface area contributed by atoms with Crippen molar-refractivity contribution in [1.82, 2.24) is 15.1 Å². The lowest BCUT2D eigenvalue weighted by Gasteiger charge is -2.49. The number of ketones is 6. The van der Waals surface area contributed by atoms with Crippen molar-refractivity contribution in [3.63, 3.8) is 0 Å². The molecule has 0 radical (unpaired) electrons. The maximum absolute atomic E-state index is 15.9. The molecule has 8 rings (SSSR count). The van der Waals surface area contributed by atoms with Crippen LogP contribution in [-0.2, 0) is 71.9 Å². The van der Waals surface area contributed by atoms with Gasteiger partial charge in [0.1, 0.15) is 73.7 Å². The van der Waals surface area contributed by atoms with E-state index in [4.69, 9.17) is 38.3 Å². The number of ether oxygens (including phenoxy) is 4. The zero-order chi connectivity index (χ0) is 64.9. The highest BCUT2D eigenvalue weighted by Gasteiger charge is 2.60. The molecule has 8 aliphatic rings. The summed E-state index contributed by atoms with van der Waals surface area (Å²) in [6.07, 6.45) is -22.5. The number of carbonyl (C=O) groups excluding carboxylic acids is 7. The molecule has 0 aromatic rings. The lowest BCUT2D eigenvalue weighted by Crippen LogP contribution is -2.66. The van der Waals surface area contributed by atoms with Gasteiger partial charge in [-0.15, -0.1) is 0 Å². The van der Waals surface area contributed by atoms with E-state index in [-0.39, 0.29) is 38.8 Å². The molecule has 0 aromatic heterocycles. The third kappa shape index (κ3) is 14.6. The molecule has 0 aliphatic carbocycles. The van der Waals surface area contributed by atoms with Gasteiger partial charge in [0.25, 0.3) is 0 Å². The Labute approximate surface area is 508 Å². The molecule has 13 N–H and O–H groups in total. The molecule has 34 nitrogen and oxygen atoms in total. The SMILES string of the molecule is CC1C(O/N=C/C(=O)C2NCC(=O)N3CCC[C@H]3C(=O)[C@@H](C(=O)/C=N/OC3OC(CO)C(O)C(O)C3C)C3C2C(C(=O)/C=N/OC2OC(CO)C(O)C(O)C2C)N2CCC[C@H]2C(=O)C[C@@H]3C(=O)/C=N/OC2OC(CO)C(O)C(O)C2C)OC(CO)C(O)C1O. The van der Waals surface area contributed by atoms with E-state index in [2.05, 4.69) is 25.9 Å². The molecule has 8 aliphatic heterocycles. The molecule has 8 fully saturated rings. The average Bonchev–Trinajstić information content (AvgIpc) is 1.76. The number of nitrogens with one attached hydrogen (secondary N) is 1. The van der Waals surface area contributed by atoms with Crippen molar-refractivity contribution >= 4 is 65.5 Å². The molecule has 24 unspecified atom stereocenters. The molecule has 34 heteroatoms. The molecular weight excluding hydrogens is 1190 g/mol. The number of rotatable bonds is 20. The van der Waals surface area contributed by atoms with Crippen LogP contribution < -0.4 is 5.32 Å². The van der Waals surface area contributed by atoms with Crippen LogP contribution in [0.5, 0.6) is 0 Å². The van der Waals surface area contributed by atoms with Gasteiger partial charge in [0, 0.05) is 48.5 Å². The minimum Gasteiger partial charge on any atom is -0.394 e. The maximum atomic E-state index is 15.9. The Morgan fingerprint density at radius 1 is 0.517 bits per heavy atom. The van der Waals surface area contributed by atoms with Crippen LogP contribution in [0.1, 0.15) is 59.8 Å². The van der Waals surface area contributed by atoms with Crippen LogP contribution in [0.25, 0.3) is 0 Å². The number of nitrogens with zero attached hydrogens (tertiary/aromatic N) is 6. The second kappa shape index (κ2) is 30.4. The van der Waals surface area contributed by atoms with E-state index in [9.17, 15) is 66.1 Å². The number of aliphatic hydroxyl groups is 12. The lowest BCUT2D eigenvalue weighted by atomic mass is 9.60. The Kier molecular flexibility index (Phi) is 23.7. The van der Waals surface area contributed by atoms with Gasteiger partial charge in [-0.3, -0.25) is 43.8 Å². The van der Waals surface area contributed by atoms with Crippen LogP contribution >= 0.6 is 0 Å². The third-order valence-electron chi connectivity index (χ3n) is 18.6. The van der Waals surface area contributed by atoms with E-state index >= 15 is 28.8 Å². The van der Waals surface area contributed by atoms with Crippen molar-refractivity contribution in [2.24, 2.45) is 68.0 Å². The Hall–Kier alpha value is -5.35. The molecule has 8 saturated heterocycles. The van der Waals surface area contributed by atoms with Crippen LogP contribution in [0.15, 0.2) is 20.6 Å². The quantitative estimate of drug-likeness (QED) is 0.0306. The summed E-state index contributed by atoms with van der Waals surface area (Å²) in [5.41, 5.74) is 0. The number of hydrogen-bond acceptors (Lipinski definition) is 33. The van der Waals surface area contributed by atoms with Crippen molar-refractivity contribution < 1.29 is 133 Å². The molecule has 28 atom stereocenters. The summed E-state index contributed by atoms with van der Waals surface area (Å²) in [6.45, 7) is 1.46. The first-order chi connectivity index (χ1) is 42.4. The van der Waals surface area contributed by atoms with Gasteiger partial charge in [-0.1, -0.05) is 48.3 Å². The fourth-order valence-corrected chi connectivity index (χ4v) is 13.2. The van der Waals surface area contributed by atoms with E-state index in [1.807, 2.05) is 0 Å². The van der Waals surface area contributed by atoms with Gasteiger partial charge >= 0.3 is 0 Å². The van der Waals surface area contributed by atoms with Crippen LogP contribution in [0.4, 0.5) is 0 Å². The van der Waals surface area contributed by atoms with Crippen molar-refractivity contribution in [3.05, 3.63) is 0 Å². The largest absolute Gasteiger partial charge is 0.394 e. The van der Waals surface area contributed by atoms with E-state index in [0.29, 0.717) is 24.9 Å². The second-order valence-electron chi connectivity index (χ2n) is 24.0. The standard InChI is InChI=1S/C55H81N7O27/c1-21-43(73)48(78)33(17-63)82-52(21)86-57-12-29(68)25-11-28(67)26-7-5-10-62(26)42(32(71)15-60-89-55-24(4)46(76)51(81)36(20-66)85-55)40-38(25)39(30(69)13-58-87-53-22(2)44(74)49(79)34(18-64)83-53)47(77)27-8-6-9-61(27)37(72)16-56-41(40)31(70)14-59-88-54-23(3)45(75)50(80)35(19-65)84-54/h12-15,21-27,33-36,38-46,48-56,63-66,73-76,78-81H,5-11,16-20H2,1-4H3/b57-12+,58-13+,59-14+,60-15+/t21?,22?,23?,24?,25-,26+,27+,33?,34?,35?,36?,38?,39+,40?,41?,42?,43?,44?,45?,46?,48?,49?,50?,51?,52?,53?,54?,55?/m1/s1. The molecule has 0 saturated carbocycles. The van der Waals surface area contributed by atoms with E-state index in [0.717, 1.165) is 4.90 Å². The van der Waals surface area contributed by atoms with E-state index in [1.165, 1.54) is 32.6 Å². The highest BCUT2D eigenvalue weighted by molar-refractivity contribution is 6.35. The number of oxime groups is 4. The molecule has 8 heterocycles. The number of Topliss-reactive ketones (excluding diaryl/α,β-unsaturated/α-hetero) is 6. The smallest absolute Gasteiger partial charge is 0.237 e. The van der Waals surface area contributed by atoms with Crippen LogP contribution in [0.3, 0.4) is 0 Å². The highest BCUT2D eigenvalue weighted by Crippen LogP contribution is 2.45. The van der Waals surface area contributed by atoms with E-state index in [1.54, 1.807) is 0 Å². The second-order valence-corrected chi connectivity index (χ2v) is 24.0. The zero-order valence-electron chi connectivity index (χ0n) is 49.1. The maximum Gasteiger partial charge on any atom is 0.237 e. The topological polar surface area (TPSA) is 504 Å². The fraction of sp³-hybridized carbons (Fsp3) is 0.800.